The fourth-order valence-electron chi connectivity index (χ4n) is 3.24. The second-order valence-electron chi connectivity index (χ2n) is 6.82. The number of nitrogens with zero attached hydrogens (tertiary/aromatic N) is 4. The molecule has 172 valence electrons. The van der Waals surface area contributed by atoms with Crippen LogP contribution in [-0.2, 0) is 22.2 Å². The van der Waals surface area contributed by atoms with Gasteiger partial charge in [-0.25, -0.2) is 17.2 Å². The molecule has 0 amide bonds. The van der Waals surface area contributed by atoms with Gasteiger partial charge < -0.3 is 14.7 Å². The molecule has 0 radical (unpaired) electrons. The van der Waals surface area contributed by atoms with Crippen LogP contribution in [0.15, 0.2) is 40.0 Å². The molecule has 1 fully saturated rings. The van der Waals surface area contributed by atoms with Crippen molar-refractivity contribution in [3.63, 3.8) is 0 Å². The highest BCUT2D eigenvalue weighted by Gasteiger charge is 2.29. The third kappa shape index (κ3) is 6.84. The summed E-state index contributed by atoms with van der Waals surface area (Å²) in [4.78, 5) is 6.42. The van der Waals surface area contributed by atoms with Crippen LogP contribution in [0.5, 0.6) is 0 Å². The molecule has 0 spiro atoms. The average molecular weight is 569 g/mol. The van der Waals surface area contributed by atoms with E-state index in [4.69, 9.17) is 4.52 Å². The summed E-state index contributed by atoms with van der Waals surface area (Å²) >= 11 is 0. The predicted octanol–water partition coefficient (Wildman–Crippen LogP) is 2.23. The molecular formula is C19H26F2IN5O3S. The van der Waals surface area contributed by atoms with Crippen LogP contribution >= 0.6 is 24.0 Å². The summed E-state index contributed by atoms with van der Waals surface area (Å²) in [6.45, 7) is 4.29. The quantitative estimate of drug-likeness (QED) is 0.313. The zero-order chi connectivity index (χ0) is 21.6. The summed E-state index contributed by atoms with van der Waals surface area (Å²) in [6.07, 6.45) is 1.48. The third-order valence-corrected chi connectivity index (χ3v) is 6.59. The minimum Gasteiger partial charge on any atom is -0.364 e. The number of piperazine rings is 1. The Hall–Kier alpha value is -1.80. The first-order chi connectivity index (χ1) is 14.4. The monoisotopic (exact) mass is 569 g/mol. The van der Waals surface area contributed by atoms with Crippen LogP contribution in [0.25, 0.3) is 0 Å². The van der Waals surface area contributed by atoms with Crippen LogP contribution in [0.4, 0.5) is 8.78 Å². The smallest absolute Gasteiger partial charge is 0.220 e. The highest BCUT2D eigenvalue weighted by Crippen LogP contribution is 2.14. The number of nitrogens with one attached hydrogen (secondary N) is 1. The van der Waals surface area contributed by atoms with Crippen molar-refractivity contribution in [2.24, 2.45) is 4.99 Å². The zero-order valence-electron chi connectivity index (χ0n) is 17.1. The van der Waals surface area contributed by atoms with Gasteiger partial charge in [0, 0.05) is 50.9 Å². The normalized spacial score (nSPS) is 15.6. The first-order valence-electron chi connectivity index (χ1n) is 9.74. The lowest BCUT2D eigenvalue weighted by Gasteiger charge is -2.35. The molecule has 2 heterocycles. The molecule has 1 aromatic heterocycles. The van der Waals surface area contributed by atoms with E-state index in [-0.39, 0.29) is 48.3 Å². The van der Waals surface area contributed by atoms with Gasteiger partial charge in [-0.05, 0) is 25.5 Å². The molecule has 1 aliphatic rings. The zero-order valence-corrected chi connectivity index (χ0v) is 20.3. The van der Waals surface area contributed by atoms with Crippen LogP contribution in [0.2, 0.25) is 0 Å². The van der Waals surface area contributed by atoms with E-state index in [1.807, 2.05) is 11.8 Å². The summed E-state index contributed by atoms with van der Waals surface area (Å²) in [5.74, 6) is -0.767. The maximum absolute atomic E-state index is 13.8. The highest BCUT2D eigenvalue weighted by atomic mass is 127. The summed E-state index contributed by atoms with van der Waals surface area (Å²) in [5, 5.41) is 6.82. The van der Waals surface area contributed by atoms with Crippen molar-refractivity contribution >= 4 is 40.0 Å². The lowest BCUT2D eigenvalue weighted by molar-refractivity contribution is 0.260. The molecule has 1 aliphatic heterocycles. The van der Waals surface area contributed by atoms with Gasteiger partial charge in [0.15, 0.2) is 5.96 Å². The van der Waals surface area contributed by atoms with Crippen LogP contribution in [0, 0.1) is 11.6 Å². The summed E-state index contributed by atoms with van der Waals surface area (Å²) < 4.78 is 58.8. The number of aromatic nitrogens is 1. The summed E-state index contributed by atoms with van der Waals surface area (Å²) in [6, 6.07) is 5.32. The first-order valence-corrected chi connectivity index (χ1v) is 11.3. The van der Waals surface area contributed by atoms with E-state index in [1.165, 1.54) is 34.8 Å². The van der Waals surface area contributed by atoms with E-state index >= 15 is 0 Å². The molecule has 0 bridgehead atoms. The molecular weight excluding hydrogens is 543 g/mol. The SMILES string of the molecule is CCNC(=NCCc1c(F)cccc1F)N1CCN(S(=O)(=O)Cc2ccon2)CC1.I. The van der Waals surface area contributed by atoms with Crippen molar-refractivity contribution in [1.82, 2.24) is 19.7 Å². The summed E-state index contributed by atoms with van der Waals surface area (Å²) in [5.41, 5.74) is 0.383. The van der Waals surface area contributed by atoms with Gasteiger partial charge in [0.1, 0.15) is 23.7 Å². The lowest BCUT2D eigenvalue weighted by atomic mass is 10.1. The lowest BCUT2D eigenvalue weighted by Crippen LogP contribution is -2.54. The topological polar surface area (TPSA) is 91.0 Å². The molecule has 31 heavy (non-hydrogen) atoms. The number of hydrogen-bond donors (Lipinski definition) is 1. The second-order valence-corrected chi connectivity index (χ2v) is 8.79. The number of hydrogen-bond acceptors (Lipinski definition) is 5. The van der Waals surface area contributed by atoms with Gasteiger partial charge in [0.2, 0.25) is 10.0 Å². The van der Waals surface area contributed by atoms with Gasteiger partial charge in [0.05, 0.1) is 5.69 Å². The fourth-order valence-corrected chi connectivity index (χ4v) is 4.66. The van der Waals surface area contributed by atoms with Crippen molar-refractivity contribution < 1.29 is 21.7 Å². The Balaban J connectivity index is 0.00000341. The molecule has 0 aliphatic carbocycles. The Labute approximate surface area is 197 Å². The standard InChI is InChI=1S/C19H25F2N5O3S.HI/c1-2-22-19(23-8-6-16-17(20)4-3-5-18(16)21)25-9-11-26(12-10-25)30(27,28)14-15-7-13-29-24-15;/h3-5,7,13H,2,6,8-12,14H2,1H3,(H,22,23);1H. The molecule has 0 unspecified atom stereocenters. The van der Waals surface area contributed by atoms with Crippen LogP contribution in [0.1, 0.15) is 18.2 Å². The number of aliphatic imine (C=N–C) groups is 1. The Kier molecular flexibility index (Phi) is 9.62. The number of benzene rings is 1. The van der Waals surface area contributed by atoms with Gasteiger partial charge >= 0.3 is 0 Å². The minimum absolute atomic E-state index is 0. The van der Waals surface area contributed by atoms with Crippen LogP contribution < -0.4 is 5.32 Å². The number of sulfonamides is 1. The predicted molar refractivity (Wildman–Crippen MR) is 124 cm³/mol. The largest absolute Gasteiger partial charge is 0.364 e. The van der Waals surface area contributed by atoms with Crippen LogP contribution in [0.3, 0.4) is 0 Å². The van der Waals surface area contributed by atoms with E-state index in [9.17, 15) is 17.2 Å². The molecule has 2 aromatic rings. The Morgan fingerprint density at radius 2 is 1.87 bits per heavy atom. The van der Waals surface area contributed by atoms with E-state index in [2.05, 4.69) is 15.5 Å². The highest BCUT2D eigenvalue weighted by molar-refractivity contribution is 14.0. The fraction of sp³-hybridized carbons (Fsp3) is 0.474. The molecule has 1 N–H and O–H groups in total. The molecule has 1 aromatic carbocycles. The van der Waals surface area contributed by atoms with Gasteiger partial charge in [-0.1, -0.05) is 11.2 Å². The molecule has 3 rings (SSSR count). The van der Waals surface area contributed by atoms with E-state index < -0.39 is 21.7 Å². The van der Waals surface area contributed by atoms with Crippen molar-refractivity contribution in [2.45, 2.75) is 19.1 Å². The maximum atomic E-state index is 13.8. The Bertz CT molecular complexity index is 945. The van der Waals surface area contributed by atoms with Crippen molar-refractivity contribution in [3.8, 4) is 0 Å². The van der Waals surface area contributed by atoms with Crippen LogP contribution in [-0.4, -0.2) is 68.0 Å². The van der Waals surface area contributed by atoms with Crippen molar-refractivity contribution in [2.75, 3.05) is 39.3 Å². The Morgan fingerprint density at radius 1 is 1.19 bits per heavy atom. The molecule has 0 atom stereocenters. The second kappa shape index (κ2) is 11.7. The van der Waals surface area contributed by atoms with E-state index in [0.29, 0.717) is 44.4 Å². The average Bonchev–Trinajstić information content (AvgIpc) is 3.22. The van der Waals surface area contributed by atoms with Crippen molar-refractivity contribution in [3.05, 3.63) is 53.4 Å². The molecule has 1 saturated heterocycles. The maximum Gasteiger partial charge on any atom is 0.220 e. The molecule has 0 saturated carbocycles. The van der Waals surface area contributed by atoms with E-state index in [1.54, 1.807) is 0 Å². The summed E-state index contributed by atoms with van der Waals surface area (Å²) in [7, 11) is -3.49. The minimum atomic E-state index is -3.49. The van der Waals surface area contributed by atoms with E-state index in [0.717, 1.165) is 0 Å². The Morgan fingerprint density at radius 3 is 2.45 bits per heavy atom. The van der Waals surface area contributed by atoms with Gasteiger partial charge in [-0.2, -0.15) is 4.31 Å². The number of rotatable bonds is 7. The van der Waals surface area contributed by atoms with Gasteiger partial charge in [0.25, 0.3) is 0 Å². The number of halogens is 3. The first kappa shape index (κ1) is 25.5. The van der Waals surface area contributed by atoms with Gasteiger partial charge in [-0.15, -0.1) is 24.0 Å². The molecule has 8 nitrogen and oxygen atoms in total. The third-order valence-electron chi connectivity index (χ3n) is 4.77. The van der Waals surface area contributed by atoms with Crippen molar-refractivity contribution in [1.29, 1.82) is 0 Å². The van der Waals surface area contributed by atoms with Gasteiger partial charge in [-0.3, -0.25) is 4.99 Å². The number of guanidine groups is 1. The molecule has 12 heteroatoms.